The second kappa shape index (κ2) is 62.1. The molecule has 426 valence electrons. The van der Waals surface area contributed by atoms with Gasteiger partial charge in [0.05, 0.1) is 0 Å². The van der Waals surface area contributed by atoms with Gasteiger partial charge in [0, 0.05) is 19.3 Å². The molecule has 1 unspecified atom stereocenters. The molecule has 0 amide bonds. The first kappa shape index (κ1) is 70.6. The number of carbonyl (C=O) groups is 3. The lowest BCUT2D eigenvalue weighted by molar-refractivity contribution is -0.167. The molecule has 1 atom stereocenters. The molecule has 6 nitrogen and oxygen atoms in total. The molecule has 0 saturated heterocycles. The molecule has 0 aliphatic rings. The van der Waals surface area contributed by atoms with Crippen molar-refractivity contribution in [2.75, 3.05) is 13.2 Å². The van der Waals surface area contributed by atoms with Crippen molar-refractivity contribution in [3.05, 3.63) is 85.1 Å². The second-order valence-electron chi connectivity index (χ2n) is 20.9. The van der Waals surface area contributed by atoms with Crippen LogP contribution in [0.1, 0.15) is 310 Å². The van der Waals surface area contributed by atoms with Crippen molar-refractivity contribution in [3.63, 3.8) is 0 Å². The third-order valence-corrected chi connectivity index (χ3v) is 13.6. The van der Waals surface area contributed by atoms with E-state index in [1.54, 1.807) is 0 Å². The molecular weight excluding hydrogens is 913 g/mol. The fraction of sp³-hybridized carbons (Fsp3) is 0.750. The van der Waals surface area contributed by atoms with E-state index in [2.05, 4.69) is 106 Å². The molecule has 0 aliphatic heterocycles. The summed E-state index contributed by atoms with van der Waals surface area (Å²) in [6.45, 7) is 6.51. The molecule has 0 radical (unpaired) electrons. The van der Waals surface area contributed by atoms with Gasteiger partial charge in [0.1, 0.15) is 13.2 Å². The first-order valence-electron chi connectivity index (χ1n) is 31.6. The molecule has 0 aromatic heterocycles. The molecule has 6 heteroatoms. The molecule has 0 saturated carbocycles. The van der Waals surface area contributed by atoms with Crippen molar-refractivity contribution in [1.29, 1.82) is 0 Å². The van der Waals surface area contributed by atoms with Gasteiger partial charge in [-0.25, -0.2) is 0 Å². The van der Waals surface area contributed by atoms with Crippen molar-refractivity contribution in [2.45, 2.75) is 316 Å². The average Bonchev–Trinajstić information content (AvgIpc) is 3.40. The predicted octanol–water partition coefficient (Wildman–Crippen LogP) is 21.5. The summed E-state index contributed by atoms with van der Waals surface area (Å²) in [5.41, 5.74) is 0. The van der Waals surface area contributed by atoms with Gasteiger partial charge in [0.2, 0.25) is 0 Å². The van der Waals surface area contributed by atoms with E-state index < -0.39 is 6.10 Å². The summed E-state index contributed by atoms with van der Waals surface area (Å²) in [4.78, 5) is 38.3. The van der Waals surface area contributed by atoms with Gasteiger partial charge in [-0.2, -0.15) is 0 Å². The van der Waals surface area contributed by atoms with Gasteiger partial charge in [-0.05, 0) is 96.3 Å². The van der Waals surface area contributed by atoms with Gasteiger partial charge in [-0.15, -0.1) is 0 Å². The number of hydrogen-bond acceptors (Lipinski definition) is 6. The normalized spacial score (nSPS) is 12.6. The lowest BCUT2D eigenvalue weighted by Crippen LogP contribution is -2.30. The van der Waals surface area contributed by atoms with E-state index in [4.69, 9.17) is 14.2 Å². The topological polar surface area (TPSA) is 78.9 Å². The quantitative estimate of drug-likeness (QED) is 0.0261. The maximum Gasteiger partial charge on any atom is 0.306 e. The Bertz CT molecular complexity index is 1420. The van der Waals surface area contributed by atoms with Gasteiger partial charge in [-0.3, -0.25) is 14.4 Å². The Kier molecular flexibility index (Phi) is 59.3. The number of rotatable bonds is 57. The smallest absolute Gasteiger partial charge is 0.306 e. The van der Waals surface area contributed by atoms with Crippen LogP contribution in [0.15, 0.2) is 85.1 Å². The third-order valence-electron chi connectivity index (χ3n) is 13.6. The zero-order valence-electron chi connectivity index (χ0n) is 48.8. The number of hydrogen-bond donors (Lipinski definition) is 0. The maximum absolute atomic E-state index is 12.9. The average molecular weight is 1030 g/mol. The summed E-state index contributed by atoms with van der Waals surface area (Å²) >= 11 is 0. The van der Waals surface area contributed by atoms with E-state index in [1.165, 1.54) is 167 Å². The molecule has 0 spiro atoms. The molecular formula is C68H118O6. The van der Waals surface area contributed by atoms with Crippen molar-refractivity contribution >= 4 is 17.9 Å². The van der Waals surface area contributed by atoms with Crippen LogP contribution < -0.4 is 0 Å². The highest BCUT2D eigenvalue weighted by Crippen LogP contribution is 2.17. The molecule has 0 aliphatic carbocycles. The van der Waals surface area contributed by atoms with Crippen molar-refractivity contribution in [1.82, 2.24) is 0 Å². The number of allylic oxidation sites excluding steroid dienone is 14. The van der Waals surface area contributed by atoms with Crippen LogP contribution in [0.3, 0.4) is 0 Å². The van der Waals surface area contributed by atoms with E-state index in [-0.39, 0.29) is 31.1 Å². The third kappa shape index (κ3) is 59.5. The zero-order chi connectivity index (χ0) is 53.6. The molecule has 0 fully saturated rings. The Morgan fingerprint density at radius 1 is 0.284 bits per heavy atom. The van der Waals surface area contributed by atoms with Crippen LogP contribution in [0, 0.1) is 0 Å². The van der Waals surface area contributed by atoms with Crippen molar-refractivity contribution < 1.29 is 28.6 Å². The lowest BCUT2D eigenvalue weighted by Gasteiger charge is -2.18. The minimum Gasteiger partial charge on any atom is -0.462 e. The van der Waals surface area contributed by atoms with Crippen LogP contribution in [0.4, 0.5) is 0 Å². The fourth-order valence-corrected chi connectivity index (χ4v) is 8.91. The molecule has 0 aromatic carbocycles. The van der Waals surface area contributed by atoms with E-state index >= 15 is 0 Å². The van der Waals surface area contributed by atoms with Crippen molar-refractivity contribution in [3.8, 4) is 0 Å². The standard InChI is InChI=1S/C68H118O6/c1-4-7-10-13-16-19-22-25-28-30-32-34-36-38-40-43-46-49-52-55-58-61-67(70)73-64-65(63-72-66(69)60-57-54-51-48-45-42-27-24-21-18-15-12-9-6-3)74-68(71)62-59-56-53-50-47-44-41-39-37-35-33-31-29-26-23-20-17-14-11-8-5-2/h7,10,16,19,24-25,27-28,32,34,38,40,46,49,65H,4-6,8-9,11-15,17-18,20-23,26,29-31,33,35-37,39,41-45,47-48,50-64H2,1-3H3/b10-7-,19-16-,27-24-,28-25-,34-32-,40-38-,49-46-. The summed E-state index contributed by atoms with van der Waals surface area (Å²) in [5, 5.41) is 0. The van der Waals surface area contributed by atoms with Crippen LogP contribution in [0.2, 0.25) is 0 Å². The minimum absolute atomic E-state index is 0.0925. The van der Waals surface area contributed by atoms with E-state index in [1.807, 2.05) is 0 Å². The Morgan fingerprint density at radius 3 is 0.865 bits per heavy atom. The summed E-state index contributed by atoms with van der Waals surface area (Å²) in [5.74, 6) is -0.932. The second-order valence-corrected chi connectivity index (χ2v) is 20.9. The molecule has 0 aromatic rings. The number of carbonyl (C=O) groups excluding carboxylic acids is 3. The first-order valence-corrected chi connectivity index (χ1v) is 31.6. The molecule has 0 N–H and O–H groups in total. The Morgan fingerprint density at radius 2 is 0.527 bits per heavy atom. The first-order chi connectivity index (χ1) is 36.5. The van der Waals surface area contributed by atoms with Crippen LogP contribution in [-0.4, -0.2) is 37.2 Å². The highest BCUT2D eigenvalue weighted by molar-refractivity contribution is 5.71. The number of esters is 3. The van der Waals surface area contributed by atoms with Crippen LogP contribution in [0.25, 0.3) is 0 Å². The molecule has 74 heavy (non-hydrogen) atoms. The zero-order valence-corrected chi connectivity index (χ0v) is 48.8. The molecule has 0 heterocycles. The van der Waals surface area contributed by atoms with E-state index in [0.29, 0.717) is 19.3 Å². The fourth-order valence-electron chi connectivity index (χ4n) is 8.91. The van der Waals surface area contributed by atoms with Crippen LogP contribution >= 0.6 is 0 Å². The minimum atomic E-state index is -0.798. The Labute approximate surface area is 458 Å². The highest BCUT2D eigenvalue weighted by atomic mass is 16.6. The summed E-state index contributed by atoms with van der Waals surface area (Å²) in [7, 11) is 0. The monoisotopic (exact) mass is 1030 g/mol. The summed E-state index contributed by atoms with van der Waals surface area (Å²) in [6, 6.07) is 0. The van der Waals surface area contributed by atoms with Crippen LogP contribution in [-0.2, 0) is 28.6 Å². The molecule has 0 bridgehead atoms. The lowest BCUT2D eigenvalue weighted by atomic mass is 10.0. The predicted molar refractivity (Wildman–Crippen MR) is 321 cm³/mol. The van der Waals surface area contributed by atoms with Gasteiger partial charge >= 0.3 is 17.9 Å². The van der Waals surface area contributed by atoms with E-state index in [0.717, 1.165) is 103 Å². The van der Waals surface area contributed by atoms with Gasteiger partial charge < -0.3 is 14.2 Å². The van der Waals surface area contributed by atoms with Gasteiger partial charge in [0.25, 0.3) is 0 Å². The van der Waals surface area contributed by atoms with Crippen LogP contribution in [0.5, 0.6) is 0 Å². The largest absolute Gasteiger partial charge is 0.462 e. The SMILES string of the molecule is CC/C=C\C/C=C\C/C=C\C/C=C\C/C=C\C/C=C\CCCCC(=O)OCC(COC(=O)CCCCCCC/C=C\CCCCCCC)OC(=O)CCCCCCCCCCCCCCCCCCCCCCC. The summed E-state index contributed by atoms with van der Waals surface area (Å²) < 4.78 is 16.9. The van der Waals surface area contributed by atoms with Gasteiger partial charge in [-0.1, -0.05) is 279 Å². The Hall–Kier alpha value is -3.41. The number of ether oxygens (including phenoxy) is 3. The summed E-state index contributed by atoms with van der Waals surface area (Å²) in [6.07, 6.45) is 81.6. The van der Waals surface area contributed by atoms with Gasteiger partial charge in [0.15, 0.2) is 6.10 Å². The maximum atomic E-state index is 12.9. The Balaban J connectivity index is 4.42. The van der Waals surface area contributed by atoms with Crippen molar-refractivity contribution in [2.24, 2.45) is 0 Å². The highest BCUT2D eigenvalue weighted by Gasteiger charge is 2.19. The van der Waals surface area contributed by atoms with E-state index in [9.17, 15) is 14.4 Å². The number of unbranched alkanes of at least 4 members (excludes halogenated alkanes) is 32. The molecule has 0 rings (SSSR count).